The molecule has 0 saturated heterocycles. The van der Waals surface area contributed by atoms with Crippen LogP contribution >= 0.6 is 15.6 Å². The highest BCUT2D eigenvalue weighted by atomic mass is 31.3. The molecular weight excluding hydrogens is 310 g/mol. The number of aliphatic hydroxyl groups is 2. The van der Waals surface area contributed by atoms with Crippen LogP contribution in [0.4, 0.5) is 0 Å². The Balaban J connectivity index is 0. The van der Waals surface area contributed by atoms with Gasteiger partial charge in [0.1, 0.15) is 0 Å². The van der Waals surface area contributed by atoms with E-state index in [1.165, 1.54) is 6.92 Å². The van der Waals surface area contributed by atoms with Gasteiger partial charge >= 0.3 is 21.6 Å². The fraction of sp³-hybridized carbons (Fsp3) is 0.833. The topological polar surface area (TPSA) is 202 Å². The van der Waals surface area contributed by atoms with Gasteiger partial charge < -0.3 is 34.9 Å². The zero-order valence-electron chi connectivity index (χ0n) is 9.78. The molecule has 0 heterocycles. The highest BCUT2D eigenvalue weighted by Gasteiger charge is 2.28. The average molecular weight is 326 g/mol. The second-order valence-electron chi connectivity index (χ2n) is 3.60. The molecule has 0 aliphatic heterocycles. The van der Waals surface area contributed by atoms with Crippen molar-refractivity contribution < 1.29 is 53.1 Å². The summed E-state index contributed by atoms with van der Waals surface area (Å²) in [5.41, 5.74) is -1.28. The molecule has 13 heteroatoms. The Labute approximate surface area is 108 Å². The summed E-state index contributed by atoms with van der Waals surface area (Å²) in [7, 11) is -10.1. The molecule has 0 saturated carbocycles. The summed E-state index contributed by atoms with van der Waals surface area (Å²) in [6.45, 7) is 1.19. The number of carboxylic acids is 1. The minimum Gasteiger partial charge on any atom is -0.481 e. The van der Waals surface area contributed by atoms with Crippen LogP contribution in [0.2, 0.25) is 0 Å². The van der Waals surface area contributed by atoms with Gasteiger partial charge in [-0.2, -0.15) is 4.31 Å². The zero-order valence-corrected chi connectivity index (χ0v) is 11.6. The number of phosphoric acid groups is 2. The van der Waals surface area contributed by atoms with Gasteiger partial charge in [0, 0.05) is 6.61 Å². The van der Waals surface area contributed by atoms with Crippen LogP contribution in [0, 0.1) is 0 Å². The van der Waals surface area contributed by atoms with Gasteiger partial charge in [0.15, 0.2) is 0 Å². The van der Waals surface area contributed by atoms with E-state index in [2.05, 4.69) is 4.31 Å². The summed E-state index contributed by atoms with van der Waals surface area (Å²) in [5, 5.41) is 25.7. The largest absolute Gasteiger partial charge is 0.481 e. The summed E-state index contributed by atoms with van der Waals surface area (Å²) in [4.78, 5) is 41.0. The van der Waals surface area contributed by atoms with Crippen LogP contribution < -0.4 is 0 Å². The van der Waals surface area contributed by atoms with Gasteiger partial charge in [-0.3, -0.25) is 4.79 Å². The molecule has 116 valence electrons. The van der Waals surface area contributed by atoms with Crippen molar-refractivity contribution in [3.05, 3.63) is 0 Å². The lowest BCUT2D eigenvalue weighted by molar-refractivity contribution is -0.142. The fourth-order valence-corrected chi connectivity index (χ4v) is 1.90. The van der Waals surface area contributed by atoms with Crippen LogP contribution in [0.5, 0.6) is 0 Å². The first kappa shape index (κ1) is 21.0. The van der Waals surface area contributed by atoms with E-state index < -0.39 is 27.2 Å². The van der Waals surface area contributed by atoms with Crippen molar-refractivity contribution in [1.29, 1.82) is 0 Å². The number of carbonyl (C=O) groups is 1. The molecule has 0 radical (unpaired) electrons. The van der Waals surface area contributed by atoms with Crippen molar-refractivity contribution in [1.82, 2.24) is 0 Å². The molecule has 0 rings (SSSR count). The maximum Gasteiger partial charge on any atom is 0.478 e. The molecule has 0 bridgehead atoms. The van der Waals surface area contributed by atoms with Gasteiger partial charge in [0.25, 0.3) is 0 Å². The number of carboxylic acid groups (broad SMARTS) is 1. The fourth-order valence-electron chi connectivity index (χ4n) is 0.794. The first-order valence-electron chi connectivity index (χ1n) is 4.56. The monoisotopic (exact) mass is 326 g/mol. The number of rotatable bonds is 6. The SMILES string of the molecule is C[C@@](O)(CCO)CC(=O)O.O=P(O)(O)OP(=O)(O)O. The van der Waals surface area contributed by atoms with E-state index in [0.717, 1.165) is 0 Å². The van der Waals surface area contributed by atoms with Crippen molar-refractivity contribution in [2.45, 2.75) is 25.4 Å². The van der Waals surface area contributed by atoms with Crippen LogP contribution in [0.25, 0.3) is 0 Å². The molecule has 11 nitrogen and oxygen atoms in total. The summed E-state index contributed by atoms with van der Waals surface area (Å²) >= 11 is 0. The summed E-state index contributed by atoms with van der Waals surface area (Å²) in [6.07, 6.45) is -0.229. The zero-order chi connectivity index (χ0) is 15.9. The molecular formula is C6H16O11P2. The van der Waals surface area contributed by atoms with Crippen molar-refractivity contribution in [3.8, 4) is 0 Å². The molecule has 0 aromatic carbocycles. The molecule has 0 aromatic rings. The molecule has 0 aliphatic carbocycles. The molecule has 7 N–H and O–H groups in total. The lowest BCUT2D eigenvalue weighted by atomic mass is 9.99. The third kappa shape index (κ3) is 20.1. The quantitative estimate of drug-likeness (QED) is 0.288. The van der Waals surface area contributed by atoms with E-state index in [1.54, 1.807) is 0 Å². The second-order valence-corrected chi connectivity index (χ2v) is 6.22. The highest BCUT2D eigenvalue weighted by Crippen LogP contribution is 2.53. The minimum atomic E-state index is -5.05. The summed E-state index contributed by atoms with van der Waals surface area (Å²) < 4.78 is 22.2. The summed E-state index contributed by atoms with van der Waals surface area (Å²) in [6, 6.07) is 0. The summed E-state index contributed by atoms with van der Waals surface area (Å²) in [5.74, 6) is -1.06. The average Bonchev–Trinajstić information content (AvgIpc) is 1.92. The van der Waals surface area contributed by atoms with Crippen LogP contribution in [0.15, 0.2) is 0 Å². The molecule has 1 atom stereocenters. The Morgan fingerprint density at radius 1 is 1.16 bits per heavy atom. The molecule has 0 aliphatic rings. The molecule has 0 spiro atoms. The van der Waals surface area contributed by atoms with E-state index in [-0.39, 0.29) is 19.4 Å². The predicted octanol–water partition coefficient (Wildman–Crippen LogP) is -1.22. The maximum absolute atomic E-state index is 10.0. The number of aliphatic hydroxyl groups excluding tert-OH is 1. The molecule has 19 heavy (non-hydrogen) atoms. The van der Waals surface area contributed by atoms with E-state index >= 15 is 0 Å². The van der Waals surface area contributed by atoms with Crippen molar-refractivity contribution in [2.75, 3.05) is 6.61 Å². The van der Waals surface area contributed by atoms with Gasteiger partial charge in [-0.05, 0) is 13.3 Å². The lowest BCUT2D eigenvalue weighted by Crippen LogP contribution is -2.28. The third-order valence-electron chi connectivity index (χ3n) is 1.40. The molecule has 0 amide bonds. The number of hydrogen-bond donors (Lipinski definition) is 7. The lowest BCUT2D eigenvalue weighted by Gasteiger charge is -2.18. The Hall–Kier alpha value is -0.350. The second kappa shape index (κ2) is 8.05. The van der Waals surface area contributed by atoms with Crippen molar-refractivity contribution in [3.63, 3.8) is 0 Å². The van der Waals surface area contributed by atoms with Crippen LogP contribution in [-0.4, -0.2) is 53.1 Å². The van der Waals surface area contributed by atoms with Crippen LogP contribution in [-0.2, 0) is 18.2 Å². The Morgan fingerprint density at radius 2 is 1.53 bits per heavy atom. The molecule has 0 unspecified atom stereocenters. The van der Waals surface area contributed by atoms with Crippen LogP contribution in [0.3, 0.4) is 0 Å². The standard InChI is InChI=1S/C6H12O4.H4O7P2/c1-6(10,2-3-7)4-5(8)9;1-8(2,3)7-9(4,5)6/h7,10H,2-4H2,1H3,(H,8,9);(H2,1,2,3)(H2,4,5,6)/t6-;/m1./s1. The third-order valence-corrected chi connectivity index (χ3v) is 3.10. The number of hydrogen-bond acceptors (Lipinski definition) is 6. The Kier molecular flexibility index (Phi) is 8.88. The van der Waals surface area contributed by atoms with Crippen LogP contribution in [0.1, 0.15) is 19.8 Å². The van der Waals surface area contributed by atoms with Gasteiger partial charge in [-0.1, -0.05) is 0 Å². The minimum absolute atomic E-state index is 0.0965. The molecule has 0 aromatic heterocycles. The van der Waals surface area contributed by atoms with Crippen molar-refractivity contribution in [2.24, 2.45) is 0 Å². The van der Waals surface area contributed by atoms with Gasteiger partial charge in [0.2, 0.25) is 0 Å². The van der Waals surface area contributed by atoms with Gasteiger partial charge in [-0.25, -0.2) is 9.13 Å². The van der Waals surface area contributed by atoms with E-state index in [9.17, 15) is 13.9 Å². The van der Waals surface area contributed by atoms with E-state index in [0.29, 0.717) is 0 Å². The van der Waals surface area contributed by atoms with E-state index in [4.69, 9.17) is 34.9 Å². The first-order chi connectivity index (χ1) is 8.18. The molecule has 0 fully saturated rings. The van der Waals surface area contributed by atoms with Crippen molar-refractivity contribution >= 4 is 21.6 Å². The Morgan fingerprint density at radius 3 is 1.68 bits per heavy atom. The number of aliphatic carboxylic acids is 1. The Bertz CT molecular complexity index is 345. The smallest absolute Gasteiger partial charge is 0.478 e. The first-order valence-corrected chi connectivity index (χ1v) is 7.62. The van der Waals surface area contributed by atoms with Gasteiger partial charge in [0.05, 0.1) is 12.0 Å². The van der Waals surface area contributed by atoms with Gasteiger partial charge in [-0.15, -0.1) is 0 Å². The normalized spacial score (nSPS) is 15.1. The highest BCUT2D eigenvalue weighted by molar-refractivity contribution is 7.60. The maximum atomic E-state index is 10.0. The predicted molar refractivity (Wildman–Crippen MR) is 59.8 cm³/mol. The van der Waals surface area contributed by atoms with E-state index in [1.807, 2.05) is 0 Å².